The van der Waals surface area contributed by atoms with Gasteiger partial charge in [-0.05, 0) is 35.4 Å². The second-order valence-corrected chi connectivity index (χ2v) is 7.26. The summed E-state index contributed by atoms with van der Waals surface area (Å²) >= 11 is 0. The first-order valence-corrected chi connectivity index (χ1v) is 9.63. The number of carbonyl (C=O) groups excluding carboxylic acids is 1. The molecule has 3 rings (SSSR count). The zero-order chi connectivity index (χ0) is 19.9. The van der Waals surface area contributed by atoms with Crippen LogP contribution in [0.25, 0.3) is 0 Å². The van der Waals surface area contributed by atoms with E-state index in [1.165, 1.54) is 17.7 Å². The number of anilines is 1. The van der Waals surface area contributed by atoms with Crippen molar-refractivity contribution < 1.29 is 13.9 Å². The number of nitrogens with zero attached hydrogens (tertiary/aromatic N) is 2. The van der Waals surface area contributed by atoms with Crippen LogP contribution in [0.4, 0.5) is 10.1 Å². The molecule has 1 unspecified atom stereocenters. The van der Waals surface area contributed by atoms with Crippen molar-refractivity contribution in [3.8, 4) is 0 Å². The maximum absolute atomic E-state index is 13.0. The predicted octanol–water partition coefficient (Wildman–Crippen LogP) is 2.62. The van der Waals surface area contributed by atoms with Crippen LogP contribution in [-0.4, -0.2) is 57.8 Å². The van der Waals surface area contributed by atoms with Gasteiger partial charge in [0.15, 0.2) is 0 Å². The number of ether oxygens (including phenoxy) is 1. The summed E-state index contributed by atoms with van der Waals surface area (Å²) in [5.41, 5.74) is 3.12. The molecule has 0 bridgehead atoms. The molecular weight excluding hydrogens is 357 g/mol. The summed E-state index contributed by atoms with van der Waals surface area (Å²) in [6.45, 7) is 3.62. The van der Waals surface area contributed by atoms with Crippen molar-refractivity contribution in [3.05, 3.63) is 65.5 Å². The van der Waals surface area contributed by atoms with Gasteiger partial charge in [-0.2, -0.15) is 0 Å². The highest BCUT2D eigenvalue weighted by atomic mass is 19.1. The van der Waals surface area contributed by atoms with E-state index in [1.54, 1.807) is 12.1 Å². The van der Waals surface area contributed by atoms with Gasteiger partial charge in [-0.15, -0.1) is 0 Å². The minimum atomic E-state index is -0.294. The highest BCUT2D eigenvalue weighted by molar-refractivity contribution is 5.78. The summed E-state index contributed by atoms with van der Waals surface area (Å²) in [6.07, 6.45) is 0.246. The third-order valence-corrected chi connectivity index (χ3v) is 5.05. The number of hydrogen-bond donors (Lipinski definition) is 1. The average Bonchev–Trinajstić information content (AvgIpc) is 2.71. The molecule has 1 atom stereocenters. The Bertz CT molecular complexity index is 756. The van der Waals surface area contributed by atoms with Crippen LogP contribution in [-0.2, 0) is 16.0 Å². The van der Waals surface area contributed by atoms with E-state index in [0.29, 0.717) is 19.8 Å². The van der Waals surface area contributed by atoms with Gasteiger partial charge in [0.1, 0.15) is 5.82 Å². The van der Waals surface area contributed by atoms with Gasteiger partial charge >= 0.3 is 0 Å². The van der Waals surface area contributed by atoms with Crippen LogP contribution in [0.2, 0.25) is 0 Å². The van der Waals surface area contributed by atoms with Crippen molar-refractivity contribution >= 4 is 11.6 Å². The van der Waals surface area contributed by atoms with Crippen LogP contribution in [0.15, 0.2) is 48.5 Å². The maximum atomic E-state index is 13.0. The van der Waals surface area contributed by atoms with E-state index in [0.717, 1.165) is 24.3 Å². The van der Waals surface area contributed by atoms with Crippen LogP contribution < -0.4 is 10.2 Å². The Morgan fingerprint density at radius 1 is 1.11 bits per heavy atom. The molecule has 2 aromatic carbocycles. The van der Waals surface area contributed by atoms with Gasteiger partial charge in [-0.25, -0.2) is 4.39 Å². The Morgan fingerprint density at radius 2 is 1.75 bits per heavy atom. The predicted molar refractivity (Wildman–Crippen MR) is 109 cm³/mol. The molecule has 28 heavy (non-hydrogen) atoms. The maximum Gasteiger partial charge on any atom is 0.224 e. The average molecular weight is 385 g/mol. The standard InChI is InChI=1S/C22H28FN3O2/c1-25(2)20-9-5-18(6-10-20)21(26-11-13-28-14-12-26)16-24-22(27)15-17-3-7-19(23)8-4-17/h3-10,21H,11-16H2,1-2H3,(H,24,27). The molecule has 0 aliphatic carbocycles. The van der Waals surface area contributed by atoms with Gasteiger partial charge in [0.2, 0.25) is 5.91 Å². The molecule has 1 aliphatic rings. The van der Waals surface area contributed by atoms with Gasteiger partial charge in [0, 0.05) is 39.4 Å². The number of halogens is 1. The summed E-state index contributed by atoms with van der Waals surface area (Å²) < 4.78 is 18.5. The molecule has 1 fully saturated rings. The number of nitrogens with one attached hydrogen (secondary N) is 1. The summed E-state index contributed by atoms with van der Waals surface area (Å²) in [6, 6.07) is 14.6. The van der Waals surface area contributed by atoms with Gasteiger partial charge in [0.25, 0.3) is 0 Å². The summed E-state index contributed by atoms with van der Waals surface area (Å²) in [4.78, 5) is 16.8. The van der Waals surface area contributed by atoms with E-state index in [4.69, 9.17) is 4.74 Å². The van der Waals surface area contributed by atoms with Crippen molar-refractivity contribution in [2.75, 3.05) is 51.8 Å². The Morgan fingerprint density at radius 3 is 2.36 bits per heavy atom. The first kappa shape index (κ1) is 20.3. The summed E-state index contributed by atoms with van der Waals surface area (Å²) in [5, 5.41) is 3.05. The molecule has 0 aromatic heterocycles. The molecule has 2 aromatic rings. The minimum absolute atomic E-state index is 0.0604. The van der Waals surface area contributed by atoms with Gasteiger partial charge in [0.05, 0.1) is 25.7 Å². The van der Waals surface area contributed by atoms with E-state index >= 15 is 0 Å². The molecule has 1 heterocycles. The molecule has 150 valence electrons. The second-order valence-electron chi connectivity index (χ2n) is 7.26. The lowest BCUT2D eigenvalue weighted by Crippen LogP contribution is -2.44. The van der Waals surface area contributed by atoms with Gasteiger partial charge in [-0.1, -0.05) is 24.3 Å². The zero-order valence-corrected chi connectivity index (χ0v) is 16.5. The van der Waals surface area contributed by atoms with Crippen molar-refractivity contribution in [1.29, 1.82) is 0 Å². The van der Waals surface area contributed by atoms with Crippen molar-refractivity contribution in [3.63, 3.8) is 0 Å². The lowest BCUT2D eigenvalue weighted by Gasteiger charge is -2.35. The van der Waals surface area contributed by atoms with E-state index in [9.17, 15) is 9.18 Å². The number of rotatable bonds is 7. The van der Waals surface area contributed by atoms with Crippen LogP contribution in [0, 0.1) is 5.82 Å². The lowest BCUT2D eigenvalue weighted by atomic mass is 10.0. The minimum Gasteiger partial charge on any atom is -0.379 e. The second kappa shape index (κ2) is 9.66. The van der Waals surface area contributed by atoms with E-state index in [1.807, 2.05) is 14.1 Å². The molecule has 1 aliphatic heterocycles. The first-order chi connectivity index (χ1) is 13.5. The highest BCUT2D eigenvalue weighted by Crippen LogP contribution is 2.24. The first-order valence-electron chi connectivity index (χ1n) is 9.63. The molecule has 1 saturated heterocycles. The van der Waals surface area contributed by atoms with Crippen molar-refractivity contribution in [1.82, 2.24) is 10.2 Å². The molecule has 1 N–H and O–H groups in total. The third kappa shape index (κ3) is 5.53. The van der Waals surface area contributed by atoms with E-state index in [2.05, 4.69) is 39.4 Å². The Labute approximate surface area is 166 Å². The van der Waals surface area contributed by atoms with Crippen molar-refractivity contribution in [2.45, 2.75) is 12.5 Å². The Kier molecular flexibility index (Phi) is 7.01. The Balaban J connectivity index is 1.66. The highest BCUT2D eigenvalue weighted by Gasteiger charge is 2.23. The quantitative estimate of drug-likeness (QED) is 0.796. The summed E-state index contributed by atoms with van der Waals surface area (Å²) in [5.74, 6) is -0.354. The Hall–Kier alpha value is -2.44. The molecule has 0 spiro atoms. The van der Waals surface area contributed by atoms with E-state index in [-0.39, 0.29) is 24.2 Å². The molecular formula is C22H28FN3O2. The fourth-order valence-electron chi connectivity index (χ4n) is 3.40. The number of carbonyl (C=O) groups is 1. The fourth-order valence-corrected chi connectivity index (χ4v) is 3.40. The van der Waals surface area contributed by atoms with Gasteiger partial charge in [-0.3, -0.25) is 9.69 Å². The normalized spacial score (nSPS) is 15.8. The van der Waals surface area contributed by atoms with Crippen LogP contribution >= 0.6 is 0 Å². The van der Waals surface area contributed by atoms with E-state index < -0.39 is 0 Å². The SMILES string of the molecule is CN(C)c1ccc(C(CNC(=O)Cc2ccc(F)cc2)N2CCOCC2)cc1. The van der Waals surface area contributed by atoms with Crippen LogP contribution in [0.5, 0.6) is 0 Å². The lowest BCUT2D eigenvalue weighted by molar-refractivity contribution is -0.120. The molecule has 1 amide bonds. The molecule has 5 nitrogen and oxygen atoms in total. The third-order valence-electron chi connectivity index (χ3n) is 5.05. The monoisotopic (exact) mass is 385 g/mol. The summed E-state index contributed by atoms with van der Waals surface area (Å²) in [7, 11) is 4.04. The number of benzene rings is 2. The number of amides is 1. The topological polar surface area (TPSA) is 44.8 Å². The smallest absolute Gasteiger partial charge is 0.224 e. The largest absolute Gasteiger partial charge is 0.379 e. The molecule has 0 radical (unpaired) electrons. The molecule has 0 saturated carbocycles. The fraction of sp³-hybridized carbons (Fsp3) is 0.409. The van der Waals surface area contributed by atoms with Crippen molar-refractivity contribution in [2.24, 2.45) is 0 Å². The number of morpholine rings is 1. The van der Waals surface area contributed by atoms with Crippen LogP contribution in [0.3, 0.4) is 0 Å². The zero-order valence-electron chi connectivity index (χ0n) is 16.5. The number of hydrogen-bond acceptors (Lipinski definition) is 4. The molecule has 6 heteroatoms. The van der Waals surface area contributed by atoms with Gasteiger partial charge < -0.3 is 15.0 Å². The van der Waals surface area contributed by atoms with Crippen LogP contribution in [0.1, 0.15) is 17.2 Å².